The Kier molecular flexibility index (Phi) is 24.5. The Morgan fingerprint density at radius 3 is 1.07 bits per heavy atom. The minimum atomic E-state index is -1.01. The first-order valence-corrected chi connectivity index (χ1v) is 28.0. The van der Waals surface area contributed by atoms with E-state index in [1.54, 1.807) is 69.9 Å². The molecule has 5 aromatic carbocycles. The average Bonchev–Trinajstić information content (AvgIpc) is 4.16. The van der Waals surface area contributed by atoms with Crippen molar-refractivity contribution >= 4 is 47.3 Å². The number of methoxy groups -OCH3 is 2. The van der Waals surface area contributed by atoms with Crippen molar-refractivity contribution in [3.63, 3.8) is 0 Å². The minimum Gasteiger partial charge on any atom is -0.497 e. The zero-order valence-corrected chi connectivity index (χ0v) is 50.0. The van der Waals surface area contributed by atoms with Gasteiger partial charge in [0.15, 0.2) is 0 Å². The Morgan fingerprint density at radius 2 is 0.798 bits per heavy atom. The Hall–Kier alpha value is -8.62. The van der Waals surface area contributed by atoms with Gasteiger partial charge in [0, 0.05) is 36.3 Å². The minimum absolute atomic E-state index is 0.00808. The van der Waals surface area contributed by atoms with Crippen LogP contribution in [0.4, 0.5) is 0 Å². The molecule has 2 heterocycles. The molecular formula is C64H84N10O10. The van der Waals surface area contributed by atoms with Crippen LogP contribution >= 0.6 is 0 Å². The van der Waals surface area contributed by atoms with Gasteiger partial charge in [0.1, 0.15) is 35.7 Å². The number of carbonyl (C=O) groups excluding carboxylic acids is 8. The van der Waals surface area contributed by atoms with Crippen LogP contribution in [-0.4, -0.2) is 148 Å². The zero-order chi connectivity index (χ0) is 61.7. The van der Waals surface area contributed by atoms with E-state index in [9.17, 15) is 38.4 Å². The lowest BCUT2D eigenvalue weighted by Gasteiger charge is -2.35. The molecule has 0 radical (unpaired) electrons. The van der Waals surface area contributed by atoms with Crippen LogP contribution in [0.5, 0.6) is 11.5 Å². The van der Waals surface area contributed by atoms with E-state index in [1.807, 2.05) is 36.4 Å². The van der Waals surface area contributed by atoms with E-state index in [4.69, 9.17) is 20.9 Å². The van der Waals surface area contributed by atoms with E-state index in [2.05, 4.69) is 105 Å². The summed E-state index contributed by atoms with van der Waals surface area (Å²) in [4.78, 5) is 106. The van der Waals surface area contributed by atoms with Crippen LogP contribution in [0.2, 0.25) is 0 Å². The Morgan fingerprint density at radius 1 is 0.488 bits per heavy atom. The van der Waals surface area contributed by atoms with Crippen molar-refractivity contribution in [3.05, 3.63) is 167 Å². The molecule has 0 saturated carbocycles. The summed E-state index contributed by atoms with van der Waals surface area (Å²) in [6, 6.07) is 37.9. The van der Waals surface area contributed by atoms with E-state index < -0.39 is 94.3 Å². The summed E-state index contributed by atoms with van der Waals surface area (Å²) < 4.78 is 10.2. The number of likely N-dealkylation sites (tertiary alicyclic amines) is 2. The van der Waals surface area contributed by atoms with Crippen LogP contribution in [0.3, 0.4) is 0 Å². The topological polar surface area (TPSA) is 286 Å². The molecule has 2 fully saturated rings. The molecule has 6 atom stereocenters. The summed E-state index contributed by atoms with van der Waals surface area (Å²) in [6.45, 7) is 10.7. The normalized spacial score (nSPS) is 17.1. The van der Waals surface area contributed by atoms with Gasteiger partial charge >= 0.3 is 0 Å². The molecule has 20 nitrogen and oxygen atoms in total. The standard InChI is InChI=1S/C36H56N10O8.2C14H14O/c1-35(2,3)27(43-25(47)15-39-7)33(53)45-17-21(13-23(45)29(37)49)41-31(51)19-9-11-20(12-10-19)32(52)42-22-14-24(30(38)50)46(18-22)34(54)28(36(4,5)6)44-26(48)16-40-8;2*1-15-14-9-7-13(8-10-14)11-12-5-3-2-4-6-12/h9-12,21-24,27-28,39-40H,13-18H2,1-8H3,(H2,37,49)(H2,38,50)(H,41,51)(H,42,52)(H,43,47)(H,44,48);2*2-10H,11H2,1H3. The van der Waals surface area contributed by atoms with Crippen molar-refractivity contribution in [2.24, 2.45) is 22.3 Å². The molecule has 20 heteroatoms. The molecule has 6 unspecified atom stereocenters. The van der Waals surface area contributed by atoms with Crippen molar-refractivity contribution < 1.29 is 47.8 Å². The van der Waals surface area contributed by atoms with Gasteiger partial charge in [-0.25, -0.2) is 0 Å². The van der Waals surface area contributed by atoms with Crippen molar-refractivity contribution in [1.82, 2.24) is 41.7 Å². The van der Waals surface area contributed by atoms with E-state index >= 15 is 0 Å². The molecule has 2 saturated heterocycles. The maximum atomic E-state index is 13.7. The molecule has 450 valence electrons. The van der Waals surface area contributed by atoms with E-state index in [0.29, 0.717) is 0 Å². The number of benzene rings is 5. The van der Waals surface area contributed by atoms with E-state index in [0.717, 1.165) is 24.3 Å². The van der Waals surface area contributed by atoms with E-state index in [-0.39, 0.29) is 50.1 Å². The summed E-state index contributed by atoms with van der Waals surface area (Å²) in [5, 5.41) is 16.6. The molecule has 84 heavy (non-hydrogen) atoms. The molecule has 0 aromatic heterocycles. The maximum Gasteiger partial charge on any atom is 0.251 e. The van der Waals surface area contributed by atoms with Crippen LogP contribution in [0.15, 0.2) is 133 Å². The number of ether oxygens (including phenoxy) is 2. The predicted molar refractivity (Wildman–Crippen MR) is 323 cm³/mol. The molecule has 0 aliphatic carbocycles. The van der Waals surface area contributed by atoms with Gasteiger partial charge < -0.3 is 62.6 Å². The van der Waals surface area contributed by atoms with Crippen LogP contribution < -0.4 is 52.8 Å². The van der Waals surface area contributed by atoms with Gasteiger partial charge in [-0.3, -0.25) is 38.4 Å². The number of nitrogens with one attached hydrogen (secondary N) is 6. The fourth-order valence-corrected chi connectivity index (χ4v) is 9.74. The highest BCUT2D eigenvalue weighted by Gasteiger charge is 2.46. The fourth-order valence-electron chi connectivity index (χ4n) is 9.74. The number of rotatable bonds is 20. The highest BCUT2D eigenvalue weighted by atomic mass is 16.5. The fraction of sp³-hybridized carbons (Fsp3) is 0.406. The van der Waals surface area contributed by atoms with Gasteiger partial charge in [0.25, 0.3) is 11.8 Å². The molecule has 10 N–H and O–H groups in total. The van der Waals surface area contributed by atoms with Gasteiger partial charge in [-0.2, -0.15) is 0 Å². The third kappa shape index (κ3) is 19.8. The molecule has 7 rings (SSSR count). The zero-order valence-electron chi connectivity index (χ0n) is 50.0. The van der Waals surface area contributed by atoms with Crippen molar-refractivity contribution in [2.75, 3.05) is 54.5 Å². The van der Waals surface area contributed by atoms with E-state index in [1.165, 1.54) is 56.3 Å². The predicted octanol–water partition coefficient (Wildman–Crippen LogP) is 4.13. The van der Waals surface area contributed by atoms with Crippen molar-refractivity contribution in [3.8, 4) is 11.5 Å². The number of carbonyl (C=O) groups is 8. The van der Waals surface area contributed by atoms with Gasteiger partial charge in [-0.15, -0.1) is 0 Å². The monoisotopic (exact) mass is 1150 g/mol. The summed E-state index contributed by atoms with van der Waals surface area (Å²) in [7, 11) is 6.58. The maximum absolute atomic E-state index is 13.7. The van der Waals surface area contributed by atoms with Crippen molar-refractivity contribution in [1.29, 1.82) is 0 Å². The third-order valence-electron chi connectivity index (χ3n) is 14.2. The molecule has 0 bridgehead atoms. The van der Waals surface area contributed by atoms with Gasteiger partial charge in [0.05, 0.1) is 27.3 Å². The highest BCUT2D eigenvalue weighted by molar-refractivity contribution is 5.99. The summed E-state index contributed by atoms with van der Waals surface area (Å²) in [5.74, 6) is -2.47. The molecule has 2 aliphatic rings. The van der Waals surface area contributed by atoms with Crippen molar-refractivity contribution in [2.45, 2.75) is 103 Å². The number of nitrogens with two attached hydrogens (primary N) is 2. The Balaban J connectivity index is 0.000000342. The number of hydrogen-bond acceptors (Lipinski definition) is 12. The summed E-state index contributed by atoms with van der Waals surface area (Å²) >= 11 is 0. The van der Waals surface area contributed by atoms with Gasteiger partial charge in [-0.1, -0.05) is 126 Å². The SMILES string of the molecule is CNCC(=O)NC(C(=O)N1CC(NC(=O)c2ccc(C(=O)NC3CC(C(N)=O)N(C(=O)C(NC(=O)CNC)C(C)(C)C)C3)cc2)CC1C(N)=O)C(C)(C)C.COc1ccc(Cc2ccccc2)cc1.COc1ccc(Cc2ccccc2)cc1. The van der Waals surface area contributed by atoms with Crippen LogP contribution in [0.25, 0.3) is 0 Å². The second-order valence-corrected chi connectivity index (χ2v) is 23.0. The Labute approximate surface area is 493 Å². The number of likely N-dealkylation sites (N-methyl/N-ethyl adjacent to an activating group) is 2. The smallest absolute Gasteiger partial charge is 0.251 e. The number of hydrogen-bond donors (Lipinski definition) is 8. The summed E-state index contributed by atoms with van der Waals surface area (Å²) in [5.41, 5.74) is 15.6. The van der Waals surface area contributed by atoms with Gasteiger partial charge in [-0.05, 0) is 121 Å². The molecule has 5 aromatic rings. The second-order valence-electron chi connectivity index (χ2n) is 23.0. The average molecular weight is 1150 g/mol. The lowest BCUT2D eigenvalue weighted by Crippen LogP contribution is -2.58. The molecule has 8 amide bonds. The molecule has 0 spiro atoms. The van der Waals surface area contributed by atoms with Gasteiger partial charge in [0.2, 0.25) is 35.4 Å². The van der Waals surface area contributed by atoms with Crippen LogP contribution in [0.1, 0.15) is 97.4 Å². The first kappa shape index (κ1) is 66.2. The Bertz CT molecular complexity index is 2780. The number of amides is 8. The molecule has 2 aliphatic heterocycles. The third-order valence-corrected chi connectivity index (χ3v) is 14.2. The lowest BCUT2D eigenvalue weighted by atomic mass is 9.85. The molecular weight excluding hydrogens is 1070 g/mol. The van der Waals surface area contributed by atoms with Crippen LogP contribution in [0, 0.1) is 10.8 Å². The quantitative estimate of drug-likeness (QED) is 0.0546. The van der Waals surface area contributed by atoms with Crippen LogP contribution in [-0.2, 0) is 41.6 Å². The first-order chi connectivity index (χ1) is 39.8. The largest absolute Gasteiger partial charge is 0.497 e. The highest BCUT2D eigenvalue weighted by Crippen LogP contribution is 2.28. The number of nitrogens with zero attached hydrogens (tertiary/aromatic N) is 2. The number of primary amides is 2. The summed E-state index contributed by atoms with van der Waals surface area (Å²) in [6.07, 6.45) is 2.09. The lowest BCUT2D eigenvalue weighted by molar-refractivity contribution is -0.143. The first-order valence-electron chi connectivity index (χ1n) is 28.0. The second kappa shape index (κ2) is 31.2.